The van der Waals surface area contributed by atoms with Gasteiger partial charge >= 0.3 is 0 Å². The largest absolute Gasteiger partial charge is 0.508 e. The van der Waals surface area contributed by atoms with Crippen molar-refractivity contribution in [1.82, 2.24) is 4.90 Å². The Morgan fingerprint density at radius 2 is 2.06 bits per heavy atom. The lowest BCUT2D eigenvalue weighted by atomic mass is 10.1. The van der Waals surface area contributed by atoms with Crippen LogP contribution in [0.4, 0.5) is 0 Å². The molecule has 18 heavy (non-hydrogen) atoms. The first-order valence-electron chi connectivity index (χ1n) is 6.11. The Kier molecular flexibility index (Phi) is 5.16. The van der Waals surface area contributed by atoms with Crippen molar-refractivity contribution in [2.45, 2.75) is 32.9 Å². The molecule has 0 aliphatic carbocycles. The summed E-state index contributed by atoms with van der Waals surface area (Å²) in [4.78, 5) is 13.4. The number of nitrogens with zero attached hydrogens (tertiary/aromatic N) is 1. The molecular weight excluding hydrogens is 230 g/mol. The summed E-state index contributed by atoms with van der Waals surface area (Å²) in [5.41, 5.74) is 0.836. The molecule has 1 aromatic rings. The Balaban J connectivity index is 2.59. The van der Waals surface area contributed by atoms with E-state index in [0.717, 1.165) is 5.56 Å². The molecule has 0 saturated heterocycles. The number of rotatable bonds is 5. The fourth-order valence-electron chi connectivity index (χ4n) is 1.81. The molecule has 4 heteroatoms. The highest BCUT2D eigenvalue weighted by atomic mass is 16.3. The minimum Gasteiger partial charge on any atom is -0.508 e. The van der Waals surface area contributed by atoms with Gasteiger partial charge in [-0.2, -0.15) is 0 Å². The molecule has 1 aromatic carbocycles. The van der Waals surface area contributed by atoms with E-state index in [-0.39, 0.29) is 17.6 Å². The second-order valence-corrected chi connectivity index (χ2v) is 5.01. The van der Waals surface area contributed by atoms with E-state index in [1.54, 1.807) is 25.2 Å². The lowest BCUT2D eigenvalue weighted by Crippen LogP contribution is -2.36. The number of aromatic hydroxyl groups is 1. The molecule has 0 fully saturated rings. The van der Waals surface area contributed by atoms with Gasteiger partial charge in [0, 0.05) is 13.6 Å². The maximum Gasteiger partial charge on any atom is 0.251 e. The lowest BCUT2D eigenvalue weighted by molar-refractivity contribution is -0.140. The van der Waals surface area contributed by atoms with Crippen LogP contribution in [0.5, 0.6) is 5.75 Å². The molecule has 1 amide bonds. The molecule has 0 aliphatic heterocycles. The maximum atomic E-state index is 11.9. The fourth-order valence-corrected chi connectivity index (χ4v) is 1.81. The van der Waals surface area contributed by atoms with E-state index in [1.807, 2.05) is 19.9 Å². The molecule has 0 aromatic heterocycles. The number of aliphatic hydroxyl groups excluding tert-OH is 1. The quantitative estimate of drug-likeness (QED) is 0.838. The molecule has 0 spiro atoms. The summed E-state index contributed by atoms with van der Waals surface area (Å²) in [6.07, 6.45) is -0.490. The summed E-state index contributed by atoms with van der Waals surface area (Å²) in [5.74, 6) is 0.168. The normalized spacial score (nSPS) is 12.5. The van der Waals surface area contributed by atoms with Crippen molar-refractivity contribution >= 4 is 5.91 Å². The van der Waals surface area contributed by atoms with Crippen LogP contribution in [-0.4, -0.2) is 34.2 Å². The highest BCUT2D eigenvalue weighted by Gasteiger charge is 2.20. The number of hydrogen-bond acceptors (Lipinski definition) is 3. The summed E-state index contributed by atoms with van der Waals surface area (Å²) in [6, 6.07) is 6.75. The number of amides is 1. The van der Waals surface area contributed by atoms with Crippen LogP contribution in [0, 0.1) is 5.92 Å². The summed E-state index contributed by atoms with van der Waals surface area (Å²) in [6.45, 7) is 4.31. The van der Waals surface area contributed by atoms with Gasteiger partial charge in [-0.15, -0.1) is 0 Å². The molecule has 0 heterocycles. The molecule has 0 aliphatic rings. The van der Waals surface area contributed by atoms with E-state index in [9.17, 15) is 15.0 Å². The van der Waals surface area contributed by atoms with E-state index >= 15 is 0 Å². The fraction of sp³-hybridized carbons (Fsp3) is 0.500. The number of hydrogen-bond donors (Lipinski definition) is 2. The molecule has 0 saturated carbocycles. The zero-order chi connectivity index (χ0) is 13.7. The first kappa shape index (κ1) is 14.5. The Morgan fingerprint density at radius 3 is 2.61 bits per heavy atom. The number of carbonyl (C=O) groups is 1. The maximum absolute atomic E-state index is 11.9. The van der Waals surface area contributed by atoms with Gasteiger partial charge in [-0.05, 0) is 30.0 Å². The zero-order valence-corrected chi connectivity index (χ0v) is 11.1. The van der Waals surface area contributed by atoms with Gasteiger partial charge in [-0.25, -0.2) is 0 Å². The Hall–Kier alpha value is -1.55. The SMILES string of the molecule is CC(C)C[C@@H](O)C(=O)N(C)Cc1cccc(O)c1. The first-order chi connectivity index (χ1) is 8.40. The molecule has 2 N–H and O–H groups in total. The van der Waals surface area contributed by atoms with Gasteiger partial charge in [-0.1, -0.05) is 26.0 Å². The molecule has 1 rings (SSSR count). The van der Waals surface area contributed by atoms with Crippen LogP contribution in [0.15, 0.2) is 24.3 Å². The third-order valence-electron chi connectivity index (χ3n) is 2.69. The zero-order valence-electron chi connectivity index (χ0n) is 11.1. The van der Waals surface area contributed by atoms with Crippen molar-refractivity contribution in [2.75, 3.05) is 7.05 Å². The predicted octanol–water partition coefficient (Wildman–Crippen LogP) is 1.76. The van der Waals surface area contributed by atoms with Crippen LogP contribution in [0.25, 0.3) is 0 Å². The second-order valence-electron chi connectivity index (χ2n) is 5.01. The van der Waals surface area contributed by atoms with E-state index in [2.05, 4.69) is 0 Å². The number of benzene rings is 1. The van der Waals surface area contributed by atoms with Crippen LogP contribution in [-0.2, 0) is 11.3 Å². The average Bonchev–Trinajstić information content (AvgIpc) is 2.27. The van der Waals surface area contributed by atoms with Gasteiger partial charge in [0.1, 0.15) is 11.9 Å². The second kappa shape index (κ2) is 6.40. The molecule has 0 unspecified atom stereocenters. The van der Waals surface area contributed by atoms with Gasteiger partial charge in [-0.3, -0.25) is 4.79 Å². The molecule has 4 nitrogen and oxygen atoms in total. The Labute approximate surface area is 108 Å². The van der Waals surface area contributed by atoms with Crippen LogP contribution in [0.1, 0.15) is 25.8 Å². The number of likely N-dealkylation sites (N-methyl/N-ethyl adjacent to an activating group) is 1. The number of aliphatic hydroxyl groups is 1. The van der Waals surface area contributed by atoms with Crippen LogP contribution >= 0.6 is 0 Å². The standard InChI is InChI=1S/C14H21NO3/c1-10(2)7-13(17)14(18)15(3)9-11-5-4-6-12(16)8-11/h4-6,8,10,13,16-17H,7,9H2,1-3H3/t13-/m1/s1. The molecular formula is C14H21NO3. The van der Waals surface area contributed by atoms with Crippen molar-refractivity contribution in [3.8, 4) is 5.75 Å². The van der Waals surface area contributed by atoms with E-state index in [0.29, 0.717) is 13.0 Å². The third kappa shape index (κ3) is 4.37. The van der Waals surface area contributed by atoms with Crippen molar-refractivity contribution in [1.29, 1.82) is 0 Å². The van der Waals surface area contributed by atoms with Crippen LogP contribution < -0.4 is 0 Å². The molecule has 100 valence electrons. The van der Waals surface area contributed by atoms with Crippen molar-refractivity contribution < 1.29 is 15.0 Å². The number of phenolic OH excluding ortho intramolecular Hbond substituents is 1. The van der Waals surface area contributed by atoms with Gasteiger partial charge in [0.15, 0.2) is 0 Å². The summed E-state index contributed by atoms with van der Waals surface area (Å²) in [5, 5.41) is 19.1. The van der Waals surface area contributed by atoms with Crippen LogP contribution in [0.2, 0.25) is 0 Å². The van der Waals surface area contributed by atoms with Crippen molar-refractivity contribution in [3.63, 3.8) is 0 Å². The summed E-state index contributed by atoms with van der Waals surface area (Å²) >= 11 is 0. The van der Waals surface area contributed by atoms with Gasteiger partial charge < -0.3 is 15.1 Å². The number of phenols is 1. The molecule has 0 bridgehead atoms. The minimum absolute atomic E-state index is 0.177. The highest BCUT2D eigenvalue weighted by molar-refractivity contribution is 5.80. The smallest absolute Gasteiger partial charge is 0.251 e. The van der Waals surface area contributed by atoms with Gasteiger partial charge in [0.2, 0.25) is 0 Å². The van der Waals surface area contributed by atoms with Crippen molar-refractivity contribution in [2.24, 2.45) is 5.92 Å². The Bertz CT molecular complexity index is 404. The third-order valence-corrected chi connectivity index (χ3v) is 2.69. The number of carbonyl (C=O) groups excluding carboxylic acids is 1. The van der Waals surface area contributed by atoms with Crippen LogP contribution in [0.3, 0.4) is 0 Å². The summed E-state index contributed by atoms with van der Waals surface area (Å²) < 4.78 is 0. The molecule has 1 atom stereocenters. The summed E-state index contributed by atoms with van der Waals surface area (Å²) in [7, 11) is 1.65. The van der Waals surface area contributed by atoms with E-state index in [4.69, 9.17) is 0 Å². The predicted molar refractivity (Wildman–Crippen MR) is 70.0 cm³/mol. The highest BCUT2D eigenvalue weighted by Crippen LogP contribution is 2.14. The topological polar surface area (TPSA) is 60.8 Å². The van der Waals surface area contributed by atoms with E-state index < -0.39 is 6.10 Å². The average molecular weight is 251 g/mol. The minimum atomic E-state index is -0.952. The van der Waals surface area contributed by atoms with Crippen molar-refractivity contribution in [3.05, 3.63) is 29.8 Å². The van der Waals surface area contributed by atoms with E-state index in [1.165, 1.54) is 4.90 Å². The van der Waals surface area contributed by atoms with Gasteiger partial charge in [0.05, 0.1) is 0 Å². The Morgan fingerprint density at radius 1 is 1.39 bits per heavy atom. The molecule has 0 radical (unpaired) electrons. The monoisotopic (exact) mass is 251 g/mol. The lowest BCUT2D eigenvalue weighted by Gasteiger charge is -2.21. The van der Waals surface area contributed by atoms with Gasteiger partial charge in [0.25, 0.3) is 5.91 Å². The first-order valence-corrected chi connectivity index (χ1v) is 6.11.